The molecule has 0 radical (unpaired) electrons. The Labute approximate surface area is 159 Å². The number of carbonyl (C=O) groups excluding carboxylic acids is 1. The van der Waals surface area contributed by atoms with E-state index in [0.29, 0.717) is 26.5 Å². The van der Waals surface area contributed by atoms with Crippen molar-refractivity contribution in [2.45, 2.75) is 20.0 Å². The number of aromatic nitrogens is 4. The van der Waals surface area contributed by atoms with Gasteiger partial charge in [0.05, 0.1) is 10.6 Å². The van der Waals surface area contributed by atoms with Crippen molar-refractivity contribution in [1.29, 1.82) is 0 Å². The van der Waals surface area contributed by atoms with Crippen molar-refractivity contribution in [3.63, 3.8) is 0 Å². The Balaban J connectivity index is 1.80. The molecule has 7 nitrogen and oxygen atoms in total. The molecule has 0 fully saturated rings. The lowest BCUT2D eigenvalue weighted by Gasteiger charge is -2.10. The number of amides is 1. The minimum atomic E-state index is -4.67. The molecule has 4 rings (SSSR count). The van der Waals surface area contributed by atoms with Crippen LogP contribution >= 0.6 is 11.3 Å². The highest BCUT2D eigenvalue weighted by Gasteiger charge is 2.35. The molecule has 0 aliphatic carbocycles. The van der Waals surface area contributed by atoms with Gasteiger partial charge in [-0.2, -0.15) is 18.3 Å². The quantitative estimate of drug-likeness (QED) is 0.546. The highest BCUT2D eigenvalue weighted by atomic mass is 32.1. The molecule has 0 saturated heterocycles. The minimum Gasteiger partial charge on any atom is -0.359 e. The molecule has 4 heterocycles. The summed E-state index contributed by atoms with van der Waals surface area (Å²) in [5.41, 5.74) is -0.345. The first-order valence-corrected chi connectivity index (χ1v) is 8.88. The van der Waals surface area contributed by atoms with Gasteiger partial charge in [-0.1, -0.05) is 11.2 Å². The Morgan fingerprint density at radius 1 is 1.29 bits per heavy atom. The molecule has 0 unspecified atom stereocenters. The summed E-state index contributed by atoms with van der Waals surface area (Å²) in [6.45, 7) is 3.24. The number of hydrogen-bond acceptors (Lipinski definition) is 6. The minimum absolute atomic E-state index is 0.0814. The molecule has 4 aromatic heterocycles. The topological polar surface area (TPSA) is 85.3 Å². The van der Waals surface area contributed by atoms with Gasteiger partial charge in [0.2, 0.25) is 0 Å². The van der Waals surface area contributed by atoms with Crippen LogP contribution in [0.3, 0.4) is 0 Å². The smallest absolute Gasteiger partial charge is 0.359 e. The van der Waals surface area contributed by atoms with Gasteiger partial charge in [0.1, 0.15) is 11.4 Å². The standard InChI is InChI=1S/C17H12F3N5O2S/c1-8-15(9(2)27-24-8)22-16(26)11-7-14-21-10(12-4-3-5-28-12)6-13(17(18,19)20)25(14)23-11/h3-7H,1-2H3,(H,22,26). The Morgan fingerprint density at radius 3 is 2.68 bits per heavy atom. The van der Waals surface area contributed by atoms with Gasteiger partial charge < -0.3 is 9.84 Å². The summed E-state index contributed by atoms with van der Waals surface area (Å²) in [6, 6.07) is 5.52. The molecule has 0 saturated carbocycles. The third-order valence-electron chi connectivity index (χ3n) is 4.00. The van der Waals surface area contributed by atoms with Gasteiger partial charge in [-0.25, -0.2) is 9.50 Å². The molecular weight excluding hydrogens is 395 g/mol. The second-order valence-corrected chi connectivity index (χ2v) is 6.90. The number of anilines is 1. The molecule has 1 amide bonds. The average Bonchev–Trinajstić information content (AvgIpc) is 3.36. The van der Waals surface area contributed by atoms with E-state index in [0.717, 1.165) is 6.07 Å². The lowest BCUT2D eigenvalue weighted by molar-refractivity contribution is -0.142. The first-order chi connectivity index (χ1) is 13.2. The van der Waals surface area contributed by atoms with E-state index in [1.54, 1.807) is 31.4 Å². The second kappa shape index (κ2) is 6.44. The molecule has 0 spiro atoms. The van der Waals surface area contributed by atoms with E-state index in [1.807, 2.05) is 0 Å². The van der Waals surface area contributed by atoms with E-state index in [2.05, 4.69) is 20.6 Å². The summed E-state index contributed by atoms with van der Waals surface area (Å²) in [7, 11) is 0. The number of nitrogens with zero attached hydrogens (tertiary/aromatic N) is 4. The van der Waals surface area contributed by atoms with E-state index in [-0.39, 0.29) is 17.0 Å². The molecule has 28 heavy (non-hydrogen) atoms. The van der Waals surface area contributed by atoms with Crippen molar-refractivity contribution in [2.75, 3.05) is 5.32 Å². The van der Waals surface area contributed by atoms with Crippen LogP contribution in [0.2, 0.25) is 0 Å². The molecule has 144 valence electrons. The summed E-state index contributed by atoms with van der Waals surface area (Å²) < 4.78 is 46.2. The van der Waals surface area contributed by atoms with Crippen molar-refractivity contribution >= 4 is 28.6 Å². The van der Waals surface area contributed by atoms with Crippen LogP contribution in [0.4, 0.5) is 18.9 Å². The summed E-state index contributed by atoms with van der Waals surface area (Å²) in [5, 5.41) is 11.8. The van der Waals surface area contributed by atoms with Crippen molar-refractivity contribution in [1.82, 2.24) is 19.8 Å². The number of rotatable bonds is 3. The normalized spacial score (nSPS) is 11.9. The van der Waals surface area contributed by atoms with Crippen LogP contribution in [0.25, 0.3) is 16.2 Å². The van der Waals surface area contributed by atoms with Crippen molar-refractivity contribution < 1.29 is 22.5 Å². The van der Waals surface area contributed by atoms with Gasteiger partial charge in [0, 0.05) is 6.07 Å². The first kappa shape index (κ1) is 18.2. The summed E-state index contributed by atoms with van der Waals surface area (Å²) in [6.07, 6.45) is -4.67. The van der Waals surface area contributed by atoms with Crippen LogP contribution in [0.15, 0.2) is 34.2 Å². The Bertz CT molecular complexity index is 1160. The van der Waals surface area contributed by atoms with Crippen molar-refractivity contribution in [3.05, 3.63) is 52.5 Å². The molecule has 0 bridgehead atoms. The van der Waals surface area contributed by atoms with E-state index < -0.39 is 17.8 Å². The molecule has 0 atom stereocenters. The Morgan fingerprint density at radius 2 is 2.07 bits per heavy atom. The fraction of sp³-hybridized carbons (Fsp3) is 0.176. The summed E-state index contributed by atoms with van der Waals surface area (Å²) in [5.74, 6) is -0.311. The molecule has 0 aromatic carbocycles. The lowest BCUT2D eigenvalue weighted by atomic mass is 10.2. The molecule has 0 aliphatic heterocycles. The van der Waals surface area contributed by atoms with E-state index in [1.165, 1.54) is 17.4 Å². The number of hydrogen-bond donors (Lipinski definition) is 1. The fourth-order valence-electron chi connectivity index (χ4n) is 2.68. The maximum atomic E-state index is 13.6. The molecule has 11 heteroatoms. The monoisotopic (exact) mass is 407 g/mol. The number of nitrogens with one attached hydrogen (secondary N) is 1. The zero-order chi connectivity index (χ0) is 20.1. The molecule has 0 aliphatic rings. The van der Waals surface area contributed by atoms with Crippen LogP contribution < -0.4 is 5.32 Å². The number of thiophene rings is 1. The number of fused-ring (bicyclic) bond motifs is 1. The number of alkyl halides is 3. The van der Waals surface area contributed by atoms with Crippen LogP contribution in [0, 0.1) is 13.8 Å². The number of halogens is 3. The van der Waals surface area contributed by atoms with Crippen LogP contribution in [0.1, 0.15) is 27.6 Å². The largest absolute Gasteiger partial charge is 0.433 e. The third-order valence-corrected chi connectivity index (χ3v) is 4.89. The highest BCUT2D eigenvalue weighted by Crippen LogP contribution is 2.33. The van der Waals surface area contributed by atoms with Gasteiger partial charge in [0.15, 0.2) is 22.8 Å². The first-order valence-electron chi connectivity index (χ1n) is 8.00. The zero-order valence-electron chi connectivity index (χ0n) is 14.5. The number of aryl methyl sites for hydroxylation is 2. The SMILES string of the molecule is Cc1noc(C)c1NC(=O)c1cc2nc(-c3cccs3)cc(C(F)(F)F)n2n1. The molecular formula is C17H12F3N5O2S. The fourth-order valence-corrected chi connectivity index (χ4v) is 3.36. The van der Waals surface area contributed by atoms with E-state index in [4.69, 9.17) is 4.52 Å². The van der Waals surface area contributed by atoms with Crippen molar-refractivity contribution in [2.24, 2.45) is 0 Å². The van der Waals surface area contributed by atoms with Crippen LogP contribution in [0.5, 0.6) is 0 Å². The lowest BCUT2D eigenvalue weighted by Crippen LogP contribution is -2.16. The zero-order valence-corrected chi connectivity index (χ0v) is 15.4. The maximum Gasteiger partial charge on any atom is 0.433 e. The average molecular weight is 407 g/mol. The third kappa shape index (κ3) is 3.13. The summed E-state index contributed by atoms with van der Waals surface area (Å²) >= 11 is 1.27. The summed E-state index contributed by atoms with van der Waals surface area (Å²) in [4.78, 5) is 17.3. The maximum absolute atomic E-state index is 13.6. The van der Waals surface area contributed by atoms with E-state index >= 15 is 0 Å². The predicted molar refractivity (Wildman–Crippen MR) is 95.2 cm³/mol. The van der Waals surface area contributed by atoms with Gasteiger partial charge in [-0.05, 0) is 31.4 Å². The van der Waals surface area contributed by atoms with Gasteiger partial charge in [0.25, 0.3) is 5.91 Å². The second-order valence-electron chi connectivity index (χ2n) is 5.95. The Hall–Kier alpha value is -3.21. The predicted octanol–water partition coefficient (Wildman–Crippen LogP) is 4.33. The highest BCUT2D eigenvalue weighted by molar-refractivity contribution is 7.13. The van der Waals surface area contributed by atoms with Crippen LogP contribution in [-0.2, 0) is 6.18 Å². The van der Waals surface area contributed by atoms with E-state index in [9.17, 15) is 18.0 Å². The van der Waals surface area contributed by atoms with Gasteiger partial charge >= 0.3 is 6.18 Å². The van der Waals surface area contributed by atoms with Gasteiger partial charge in [-0.3, -0.25) is 4.79 Å². The van der Waals surface area contributed by atoms with Crippen molar-refractivity contribution in [3.8, 4) is 10.6 Å². The Kier molecular flexibility index (Phi) is 4.18. The number of carbonyl (C=O) groups is 1. The van der Waals surface area contributed by atoms with Gasteiger partial charge in [-0.15, -0.1) is 11.3 Å². The van der Waals surface area contributed by atoms with Crippen LogP contribution in [-0.4, -0.2) is 25.7 Å². The molecule has 1 N–H and O–H groups in total. The molecule has 4 aromatic rings.